The van der Waals surface area contributed by atoms with Gasteiger partial charge in [-0.05, 0) is 28.9 Å². The Morgan fingerprint density at radius 3 is 2.61 bits per heavy atom. The molecule has 18 heavy (non-hydrogen) atoms. The number of rotatable bonds is 2. The van der Waals surface area contributed by atoms with Crippen LogP contribution >= 0.6 is 0 Å². The molecular weight excluding hydrogens is 222 g/mol. The van der Waals surface area contributed by atoms with Gasteiger partial charge in [-0.1, -0.05) is 45.0 Å². The fourth-order valence-electron chi connectivity index (χ4n) is 2.36. The van der Waals surface area contributed by atoms with Crippen LogP contribution in [0, 0.1) is 5.92 Å². The largest absolute Gasteiger partial charge is 0.380 e. The van der Waals surface area contributed by atoms with E-state index in [9.17, 15) is 0 Å². The SMILES string of the molecule is CC(C)(C)c1ccc(CC2CNCCOC2)cc1. The number of hydrogen-bond acceptors (Lipinski definition) is 2. The van der Waals surface area contributed by atoms with E-state index in [1.165, 1.54) is 11.1 Å². The highest BCUT2D eigenvalue weighted by Crippen LogP contribution is 2.23. The molecule has 0 aliphatic carbocycles. The Balaban J connectivity index is 1.97. The van der Waals surface area contributed by atoms with Crippen LogP contribution in [0.15, 0.2) is 24.3 Å². The molecule has 1 N–H and O–H groups in total. The van der Waals surface area contributed by atoms with Crippen molar-refractivity contribution in [2.45, 2.75) is 32.6 Å². The number of benzene rings is 1. The summed E-state index contributed by atoms with van der Waals surface area (Å²) >= 11 is 0. The Hall–Kier alpha value is -0.860. The number of nitrogens with one attached hydrogen (secondary N) is 1. The lowest BCUT2D eigenvalue weighted by atomic mass is 9.86. The van der Waals surface area contributed by atoms with Crippen LogP contribution in [0.25, 0.3) is 0 Å². The van der Waals surface area contributed by atoms with E-state index in [4.69, 9.17) is 4.74 Å². The highest BCUT2D eigenvalue weighted by Gasteiger charge is 2.15. The zero-order chi connectivity index (χ0) is 13.0. The van der Waals surface area contributed by atoms with E-state index in [1.807, 2.05) is 0 Å². The van der Waals surface area contributed by atoms with Crippen LogP contribution in [0.4, 0.5) is 0 Å². The number of hydrogen-bond donors (Lipinski definition) is 1. The summed E-state index contributed by atoms with van der Waals surface area (Å²) in [7, 11) is 0. The lowest BCUT2D eigenvalue weighted by Crippen LogP contribution is -2.24. The summed E-state index contributed by atoms with van der Waals surface area (Å²) in [6.45, 7) is 10.6. The average Bonchev–Trinajstić information content (AvgIpc) is 2.57. The standard InChI is InChI=1S/C16H25NO/c1-16(2,3)15-6-4-13(5-7-15)10-14-11-17-8-9-18-12-14/h4-7,14,17H,8-12H2,1-3H3. The molecule has 2 rings (SSSR count). The van der Waals surface area contributed by atoms with Gasteiger partial charge in [0.05, 0.1) is 13.2 Å². The van der Waals surface area contributed by atoms with Gasteiger partial charge in [0.1, 0.15) is 0 Å². The van der Waals surface area contributed by atoms with Crippen molar-refractivity contribution in [1.82, 2.24) is 5.32 Å². The molecule has 1 aliphatic rings. The van der Waals surface area contributed by atoms with Gasteiger partial charge in [-0.15, -0.1) is 0 Å². The van der Waals surface area contributed by atoms with Crippen molar-refractivity contribution < 1.29 is 4.74 Å². The zero-order valence-corrected chi connectivity index (χ0v) is 11.8. The van der Waals surface area contributed by atoms with Gasteiger partial charge in [-0.25, -0.2) is 0 Å². The highest BCUT2D eigenvalue weighted by atomic mass is 16.5. The van der Waals surface area contributed by atoms with Gasteiger partial charge in [-0.3, -0.25) is 0 Å². The second-order valence-electron chi connectivity index (χ2n) is 6.30. The smallest absolute Gasteiger partial charge is 0.0591 e. The molecule has 0 aromatic heterocycles. The number of ether oxygens (including phenoxy) is 1. The van der Waals surface area contributed by atoms with Gasteiger partial charge in [0, 0.05) is 13.1 Å². The predicted molar refractivity (Wildman–Crippen MR) is 76.0 cm³/mol. The summed E-state index contributed by atoms with van der Waals surface area (Å²) in [6, 6.07) is 9.07. The Morgan fingerprint density at radius 1 is 1.22 bits per heavy atom. The molecule has 0 bridgehead atoms. The van der Waals surface area contributed by atoms with Gasteiger partial charge in [0.25, 0.3) is 0 Å². The third-order valence-electron chi connectivity index (χ3n) is 3.55. The maximum Gasteiger partial charge on any atom is 0.0591 e. The van der Waals surface area contributed by atoms with E-state index in [1.54, 1.807) is 0 Å². The van der Waals surface area contributed by atoms with Gasteiger partial charge in [0.2, 0.25) is 0 Å². The molecule has 1 aromatic carbocycles. The normalized spacial score (nSPS) is 21.6. The molecular formula is C16H25NO. The Bertz CT molecular complexity index is 356. The first-order valence-electron chi connectivity index (χ1n) is 6.93. The van der Waals surface area contributed by atoms with Crippen molar-refractivity contribution in [3.05, 3.63) is 35.4 Å². The molecule has 2 heteroatoms. The summed E-state index contributed by atoms with van der Waals surface area (Å²) in [5, 5.41) is 3.43. The fraction of sp³-hybridized carbons (Fsp3) is 0.625. The van der Waals surface area contributed by atoms with Crippen molar-refractivity contribution in [3.63, 3.8) is 0 Å². The molecule has 1 aromatic rings. The van der Waals surface area contributed by atoms with Crippen LogP contribution < -0.4 is 5.32 Å². The van der Waals surface area contributed by atoms with E-state index < -0.39 is 0 Å². The molecule has 1 atom stereocenters. The maximum atomic E-state index is 5.59. The Morgan fingerprint density at radius 2 is 1.94 bits per heavy atom. The molecule has 100 valence electrons. The van der Waals surface area contributed by atoms with Crippen molar-refractivity contribution in [3.8, 4) is 0 Å². The van der Waals surface area contributed by atoms with Crippen LogP contribution in [0.2, 0.25) is 0 Å². The van der Waals surface area contributed by atoms with Crippen LogP contribution in [0.5, 0.6) is 0 Å². The van der Waals surface area contributed by atoms with E-state index in [-0.39, 0.29) is 5.41 Å². The maximum absolute atomic E-state index is 5.59. The molecule has 0 saturated carbocycles. The Kier molecular flexibility index (Phi) is 4.41. The second kappa shape index (κ2) is 5.85. The molecule has 1 fully saturated rings. The van der Waals surface area contributed by atoms with Crippen LogP contribution in [-0.2, 0) is 16.6 Å². The zero-order valence-electron chi connectivity index (χ0n) is 11.8. The minimum absolute atomic E-state index is 0.242. The molecule has 0 spiro atoms. The van der Waals surface area contributed by atoms with E-state index >= 15 is 0 Å². The molecule has 1 aliphatic heterocycles. The first-order valence-corrected chi connectivity index (χ1v) is 6.93. The minimum atomic E-state index is 0.242. The second-order valence-corrected chi connectivity index (χ2v) is 6.30. The highest BCUT2D eigenvalue weighted by molar-refractivity contribution is 5.27. The lowest BCUT2D eigenvalue weighted by molar-refractivity contribution is 0.123. The quantitative estimate of drug-likeness (QED) is 0.867. The van der Waals surface area contributed by atoms with Crippen molar-refractivity contribution in [2.75, 3.05) is 26.3 Å². The van der Waals surface area contributed by atoms with Crippen LogP contribution in [-0.4, -0.2) is 26.3 Å². The predicted octanol–water partition coefficient (Wildman–Crippen LogP) is 2.76. The molecule has 0 radical (unpaired) electrons. The van der Waals surface area contributed by atoms with Crippen LogP contribution in [0.1, 0.15) is 31.9 Å². The fourth-order valence-corrected chi connectivity index (χ4v) is 2.36. The van der Waals surface area contributed by atoms with Crippen LogP contribution in [0.3, 0.4) is 0 Å². The molecule has 0 amide bonds. The Labute approximate surface area is 111 Å². The monoisotopic (exact) mass is 247 g/mol. The third kappa shape index (κ3) is 3.82. The van der Waals surface area contributed by atoms with E-state index in [2.05, 4.69) is 50.4 Å². The third-order valence-corrected chi connectivity index (χ3v) is 3.55. The summed E-state index contributed by atoms with van der Waals surface area (Å²) in [5.74, 6) is 0.605. The van der Waals surface area contributed by atoms with Gasteiger partial charge < -0.3 is 10.1 Å². The summed E-state index contributed by atoms with van der Waals surface area (Å²) in [6.07, 6.45) is 1.11. The van der Waals surface area contributed by atoms with Gasteiger partial charge in [0.15, 0.2) is 0 Å². The minimum Gasteiger partial charge on any atom is -0.380 e. The topological polar surface area (TPSA) is 21.3 Å². The summed E-state index contributed by atoms with van der Waals surface area (Å²) in [5.41, 5.74) is 3.06. The van der Waals surface area contributed by atoms with Crippen molar-refractivity contribution in [2.24, 2.45) is 5.92 Å². The molecule has 1 unspecified atom stereocenters. The van der Waals surface area contributed by atoms with Gasteiger partial charge in [-0.2, -0.15) is 0 Å². The first-order chi connectivity index (χ1) is 8.55. The molecule has 1 saturated heterocycles. The van der Waals surface area contributed by atoms with Gasteiger partial charge >= 0.3 is 0 Å². The molecule has 2 nitrogen and oxygen atoms in total. The first kappa shape index (κ1) is 13.6. The van der Waals surface area contributed by atoms with E-state index in [0.29, 0.717) is 5.92 Å². The summed E-state index contributed by atoms with van der Waals surface area (Å²) in [4.78, 5) is 0. The molecule has 1 heterocycles. The van der Waals surface area contributed by atoms with Crippen molar-refractivity contribution in [1.29, 1.82) is 0 Å². The summed E-state index contributed by atoms with van der Waals surface area (Å²) < 4.78 is 5.59. The van der Waals surface area contributed by atoms with E-state index in [0.717, 1.165) is 32.7 Å². The average molecular weight is 247 g/mol. The lowest BCUT2D eigenvalue weighted by Gasteiger charge is -2.20. The van der Waals surface area contributed by atoms with Crippen molar-refractivity contribution >= 4 is 0 Å².